The Morgan fingerprint density at radius 2 is 2.08 bits per heavy atom. The van der Waals surface area contributed by atoms with Crippen molar-refractivity contribution in [1.29, 1.82) is 0 Å². The van der Waals surface area contributed by atoms with Crippen molar-refractivity contribution in [2.24, 2.45) is 0 Å². The van der Waals surface area contributed by atoms with Gasteiger partial charge in [-0.2, -0.15) is 0 Å². The number of alkyl halides is 2. The van der Waals surface area contributed by atoms with E-state index in [1.54, 1.807) is 13.8 Å². The van der Waals surface area contributed by atoms with Crippen LogP contribution in [-0.4, -0.2) is 9.55 Å². The Kier molecular flexibility index (Phi) is 2.75. The first-order valence-electron chi connectivity index (χ1n) is 3.88. The third-order valence-electron chi connectivity index (χ3n) is 1.64. The van der Waals surface area contributed by atoms with Gasteiger partial charge in [0, 0.05) is 12.1 Å². The summed E-state index contributed by atoms with van der Waals surface area (Å²) in [6, 6.07) is 0.803. The molecular weight excluding hydrogens is 178 g/mol. The summed E-state index contributed by atoms with van der Waals surface area (Å²) in [6.07, 6.45) is -1.54. The second-order valence-electron chi connectivity index (χ2n) is 2.95. The predicted octanol–water partition coefficient (Wildman–Crippen LogP) is 1.76. The van der Waals surface area contributed by atoms with E-state index in [-0.39, 0.29) is 6.04 Å². The first kappa shape index (κ1) is 9.83. The van der Waals surface area contributed by atoms with Crippen molar-refractivity contribution in [2.45, 2.75) is 26.3 Å². The molecule has 0 N–H and O–H groups in total. The van der Waals surface area contributed by atoms with Crippen LogP contribution in [0.4, 0.5) is 8.78 Å². The van der Waals surface area contributed by atoms with Crippen molar-refractivity contribution in [1.82, 2.24) is 9.55 Å². The summed E-state index contributed by atoms with van der Waals surface area (Å²) in [5, 5.41) is 0. The van der Waals surface area contributed by atoms with E-state index in [0.29, 0.717) is 0 Å². The number of nitrogens with zero attached hydrogens (tertiary/aromatic N) is 2. The molecule has 0 radical (unpaired) electrons. The second-order valence-corrected chi connectivity index (χ2v) is 2.95. The number of halogens is 2. The minimum absolute atomic E-state index is 0.0632. The summed E-state index contributed by atoms with van der Waals surface area (Å²) < 4.78 is 25.4. The van der Waals surface area contributed by atoms with Gasteiger partial charge in [-0.1, -0.05) is 0 Å². The summed E-state index contributed by atoms with van der Waals surface area (Å²) in [6.45, 7) is 3.57. The second kappa shape index (κ2) is 3.64. The molecule has 1 aromatic heterocycles. The van der Waals surface area contributed by atoms with E-state index in [1.807, 2.05) is 0 Å². The molecular formula is C8H10F2N2O. The summed E-state index contributed by atoms with van der Waals surface area (Å²) in [7, 11) is 0. The van der Waals surface area contributed by atoms with Gasteiger partial charge in [0.05, 0.1) is 6.33 Å². The summed E-state index contributed by atoms with van der Waals surface area (Å²) >= 11 is 0. The predicted molar refractivity (Wildman–Crippen MR) is 43.8 cm³/mol. The van der Waals surface area contributed by atoms with Crippen LogP contribution in [0.25, 0.3) is 0 Å². The fourth-order valence-corrected chi connectivity index (χ4v) is 0.931. The summed E-state index contributed by atoms with van der Waals surface area (Å²) in [4.78, 5) is 14.6. The van der Waals surface area contributed by atoms with E-state index in [1.165, 1.54) is 4.57 Å². The molecule has 0 saturated heterocycles. The van der Waals surface area contributed by atoms with Crippen LogP contribution in [0, 0.1) is 0 Å². The SMILES string of the molecule is CC(C)n1cnc(C(F)F)cc1=O. The Hall–Kier alpha value is -1.26. The van der Waals surface area contributed by atoms with Crippen molar-refractivity contribution >= 4 is 0 Å². The van der Waals surface area contributed by atoms with Crippen molar-refractivity contribution in [2.75, 3.05) is 0 Å². The van der Waals surface area contributed by atoms with Crippen LogP contribution in [0.3, 0.4) is 0 Å². The van der Waals surface area contributed by atoms with Crippen molar-refractivity contribution in [3.63, 3.8) is 0 Å². The van der Waals surface area contributed by atoms with Gasteiger partial charge in [-0.3, -0.25) is 9.36 Å². The molecule has 1 heterocycles. The molecule has 0 bridgehead atoms. The Balaban J connectivity index is 3.14. The molecule has 3 nitrogen and oxygen atoms in total. The largest absolute Gasteiger partial charge is 0.297 e. The van der Waals surface area contributed by atoms with Crippen molar-refractivity contribution in [3.05, 3.63) is 28.4 Å². The van der Waals surface area contributed by atoms with E-state index in [4.69, 9.17) is 0 Å². The maximum absolute atomic E-state index is 12.1. The van der Waals surface area contributed by atoms with Gasteiger partial charge in [0.25, 0.3) is 12.0 Å². The maximum Gasteiger partial charge on any atom is 0.280 e. The highest BCUT2D eigenvalue weighted by molar-refractivity contribution is 5.01. The van der Waals surface area contributed by atoms with Crippen LogP contribution < -0.4 is 5.56 Å². The molecule has 0 aliphatic rings. The first-order chi connectivity index (χ1) is 6.02. The molecule has 0 amide bonds. The highest BCUT2D eigenvalue weighted by Gasteiger charge is 2.10. The quantitative estimate of drug-likeness (QED) is 0.708. The van der Waals surface area contributed by atoms with Gasteiger partial charge in [-0.05, 0) is 13.8 Å². The fraction of sp³-hybridized carbons (Fsp3) is 0.500. The molecule has 0 atom stereocenters. The Labute approximate surface area is 74.0 Å². The van der Waals surface area contributed by atoms with Crippen LogP contribution in [0.15, 0.2) is 17.2 Å². The van der Waals surface area contributed by atoms with Crippen LogP contribution >= 0.6 is 0 Å². The van der Waals surface area contributed by atoms with Gasteiger partial charge in [0.2, 0.25) is 0 Å². The standard InChI is InChI=1S/C8H10F2N2O/c1-5(2)12-4-11-6(8(9)10)3-7(12)13/h3-5,8H,1-2H3. The molecule has 0 unspecified atom stereocenters. The average Bonchev–Trinajstić information content (AvgIpc) is 2.03. The topological polar surface area (TPSA) is 34.9 Å². The lowest BCUT2D eigenvalue weighted by atomic mass is 10.3. The van der Waals surface area contributed by atoms with E-state index in [2.05, 4.69) is 4.98 Å². The highest BCUT2D eigenvalue weighted by Crippen LogP contribution is 2.13. The Morgan fingerprint density at radius 3 is 2.46 bits per heavy atom. The zero-order valence-corrected chi connectivity index (χ0v) is 7.37. The lowest BCUT2D eigenvalue weighted by Crippen LogP contribution is -2.22. The molecule has 0 spiro atoms. The van der Waals surface area contributed by atoms with Gasteiger partial charge < -0.3 is 0 Å². The molecule has 0 aromatic carbocycles. The minimum atomic E-state index is -2.69. The smallest absolute Gasteiger partial charge is 0.280 e. The third-order valence-corrected chi connectivity index (χ3v) is 1.64. The number of hydrogen-bond donors (Lipinski definition) is 0. The molecule has 0 fully saturated rings. The molecule has 13 heavy (non-hydrogen) atoms. The average molecular weight is 188 g/mol. The zero-order valence-electron chi connectivity index (χ0n) is 7.37. The Bertz CT molecular complexity index is 346. The highest BCUT2D eigenvalue weighted by atomic mass is 19.3. The molecule has 72 valence electrons. The third kappa shape index (κ3) is 2.11. The van der Waals surface area contributed by atoms with E-state index in [9.17, 15) is 13.6 Å². The lowest BCUT2D eigenvalue weighted by molar-refractivity contribution is 0.145. The summed E-state index contributed by atoms with van der Waals surface area (Å²) in [5.74, 6) is 0. The Morgan fingerprint density at radius 1 is 1.46 bits per heavy atom. The van der Waals surface area contributed by atoms with Crippen molar-refractivity contribution in [3.8, 4) is 0 Å². The molecule has 0 aliphatic carbocycles. The molecule has 1 rings (SSSR count). The van der Waals surface area contributed by atoms with E-state index in [0.717, 1.165) is 12.4 Å². The summed E-state index contributed by atoms with van der Waals surface area (Å²) in [5.41, 5.74) is -0.915. The zero-order chi connectivity index (χ0) is 10.0. The molecule has 0 saturated carbocycles. The molecule has 1 aromatic rings. The van der Waals surface area contributed by atoms with E-state index >= 15 is 0 Å². The van der Waals surface area contributed by atoms with Gasteiger partial charge >= 0.3 is 0 Å². The van der Waals surface area contributed by atoms with Gasteiger partial charge in [0.15, 0.2) is 0 Å². The molecule has 5 heteroatoms. The first-order valence-corrected chi connectivity index (χ1v) is 3.88. The number of rotatable bonds is 2. The monoisotopic (exact) mass is 188 g/mol. The van der Waals surface area contributed by atoms with Gasteiger partial charge in [-0.15, -0.1) is 0 Å². The van der Waals surface area contributed by atoms with Crippen LogP contribution in [0.5, 0.6) is 0 Å². The molecule has 0 aliphatic heterocycles. The lowest BCUT2D eigenvalue weighted by Gasteiger charge is -2.08. The fourth-order valence-electron chi connectivity index (χ4n) is 0.931. The van der Waals surface area contributed by atoms with Crippen LogP contribution in [-0.2, 0) is 0 Å². The van der Waals surface area contributed by atoms with Gasteiger partial charge in [-0.25, -0.2) is 13.8 Å². The van der Waals surface area contributed by atoms with Gasteiger partial charge in [0.1, 0.15) is 5.69 Å². The number of aromatic nitrogens is 2. The van der Waals surface area contributed by atoms with Crippen molar-refractivity contribution < 1.29 is 8.78 Å². The number of hydrogen-bond acceptors (Lipinski definition) is 2. The minimum Gasteiger partial charge on any atom is -0.297 e. The normalized spacial score (nSPS) is 11.2. The van der Waals surface area contributed by atoms with Crippen LogP contribution in [0.1, 0.15) is 32.0 Å². The maximum atomic E-state index is 12.1. The van der Waals surface area contributed by atoms with Crippen LogP contribution in [0.2, 0.25) is 0 Å². The van der Waals surface area contributed by atoms with E-state index < -0.39 is 17.7 Å².